The van der Waals surface area contributed by atoms with E-state index < -0.39 is 96.2 Å². The molecule has 17 heteroatoms. The number of Topliss-reactive ketones (excluding diaryl/α,β-unsaturated/α-hetero) is 1. The van der Waals surface area contributed by atoms with E-state index in [9.17, 15) is 43.5 Å². The van der Waals surface area contributed by atoms with Gasteiger partial charge in [-0.15, -0.1) is 0 Å². The lowest BCUT2D eigenvalue weighted by Gasteiger charge is -2.35. The van der Waals surface area contributed by atoms with Crippen LogP contribution in [-0.2, 0) is 54.3 Å². The molecule has 1 heterocycles. The zero-order chi connectivity index (χ0) is 43.0. The number of ether oxygens (including phenoxy) is 2. The van der Waals surface area contributed by atoms with Crippen molar-refractivity contribution in [2.75, 3.05) is 19.7 Å². The largest absolute Gasteiger partial charge is 0.508 e. The number of carbonyl (C=O) groups excluding carboxylic acids is 8. The van der Waals surface area contributed by atoms with Gasteiger partial charge in [-0.1, -0.05) is 64.5 Å². The average molecular weight is 815 g/mol. The van der Waals surface area contributed by atoms with Gasteiger partial charge in [0.1, 0.15) is 36.1 Å². The van der Waals surface area contributed by atoms with Crippen LogP contribution in [0, 0.1) is 5.92 Å². The molecule has 17 nitrogen and oxygen atoms in total. The highest BCUT2D eigenvalue weighted by Crippen LogP contribution is 2.30. The summed E-state index contributed by atoms with van der Waals surface area (Å²) in [6, 6.07) is 1.76. The highest BCUT2D eigenvalue weighted by atomic mass is 16.6. The molecule has 4 unspecified atom stereocenters. The molecule has 7 N–H and O–H groups in total. The molecule has 58 heavy (non-hydrogen) atoms. The lowest BCUT2D eigenvalue weighted by molar-refractivity contribution is -0.162. The molecule has 1 aromatic carbocycles. The van der Waals surface area contributed by atoms with Crippen LogP contribution in [0.15, 0.2) is 24.3 Å². The van der Waals surface area contributed by atoms with Crippen LogP contribution in [-0.4, -0.2) is 113 Å². The van der Waals surface area contributed by atoms with Gasteiger partial charge in [-0.05, 0) is 70.1 Å². The summed E-state index contributed by atoms with van der Waals surface area (Å²) in [4.78, 5) is 107. The van der Waals surface area contributed by atoms with Gasteiger partial charge in [0.05, 0.1) is 25.1 Å². The van der Waals surface area contributed by atoms with E-state index in [1.54, 1.807) is 39.8 Å². The minimum atomic E-state index is -1.32. The standard InChI is InChI=1S/C41H62N6O11/c1-6-8-18-30(37(42)53)44-33(50)22-43-39(55)36(52)29(13-7-2)45-38(54)31-21-28(57-24-34(51)58-41(3,4)5)23-47(31)40(56)35(26-15-10-9-11-16-26)46-32(49)20-25-14-12-17-27(48)19-25/h12,14,17,19,26,28-31,35,48H,6-11,13,15-16,18,20-24H2,1-5H3,(H2,42,53)(H,43,55)(H,44,50)(H,45,54)(H,46,49)/t28-,29?,30?,31?,35?/m1/s1. The van der Waals surface area contributed by atoms with E-state index in [-0.39, 0.29) is 37.5 Å². The van der Waals surface area contributed by atoms with Gasteiger partial charge in [-0.3, -0.25) is 33.6 Å². The van der Waals surface area contributed by atoms with Gasteiger partial charge in [0.25, 0.3) is 5.91 Å². The van der Waals surface area contributed by atoms with Crippen molar-refractivity contribution in [1.82, 2.24) is 26.2 Å². The van der Waals surface area contributed by atoms with Crippen LogP contribution in [0.3, 0.4) is 0 Å². The number of hydrogen-bond donors (Lipinski definition) is 6. The van der Waals surface area contributed by atoms with E-state index in [0.717, 1.165) is 25.7 Å². The molecule has 1 aromatic rings. The highest BCUT2D eigenvalue weighted by Gasteiger charge is 2.45. The molecule has 2 aliphatic rings. The average Bonchev–Trinajstić information content (AvgIpc) is 3.60. The zero-order valence-corrected chi connectivity index (χ0v) is 34.4. The predicted molar refractivity (Wildman–Crippen MR) is 212 cm³/mol. The van der Waals surface area contributed by atoms with Gasteiger partial charge < -0.3 is 46.5 Å². The van der Waals surface area contributed by atoms with Gasteiger partial charge in [0.15, 0.2) is 0 Å². The maximum absolute atomic E-state index is 14.6. The number of carbonyl (C=O) groups is 8. The number of phenols is 1. The number of phenolic OH excluding ortho intramolecular Hbond substituents is 1. The maximum Gasteiger partial charge on any atom is 0.332 e. The van der Waals surface area contributed by atoms with Gasteiger partial charge in [-0.2, -0.15) is 0 Å². The van der Waals surface area contributed by atoms with Crippen LogP contribution in [0.4, 0.5) is 0 Å². The molecule has 5 atom stereocenters. The van der Waals surface area contributed by atoms with Gasteiger partial charge in [0.2, 0.25) is 35.3 Å². The Morgan fingerprint density at radius 1 is 0.914 bits per heavy atom. The first-order chi connectivity index (χ1) is 27.4. The second-order valence-electron chi connectivity index (χ2n) is 16.1. The summed E-state index contributed by atoms with van der Waals surface area (Å²) in [6.45, 7) is 7.60. The predicted octanol–water partition coefficient (Wildman–Crippen LogP) is 1.46. The molecule has 1 saturated heterocycles. The lowest BCUT2D eigenvalue weighted by atomic mass is 9.83. The number of unbranched alkanes of at least 4 members (excludes halogenated alkanes) is 1. The Bertz CT molecular complexity index is 1620. The second-order valence-corrected chi connectivity index (χ2v) is 16.1. The van der Waals surface area contributed by atoms with Crippen molar-refractivity contribution in [3.05, 3.63) is 29.8 Å². The number of hydrogen-bond acceptors (Lipinski definition) is 11. The van der Waals surface area contributed by atoms with Crippen LogP contribution in [0.2, 0.25) is 0 Å². The first-order valence-corrected chi connectivity index (χ1v) is 20.3. The van der Waals surface area contributed by atoms with E-state index in [0.29, 0.717) is 37.7 Å². The Labute approximate surface area is 340 Å². The van der Waals surface area contributed by atoms with Crippen molar-refractivity contribution in [3.8, 4) is 5.75 Å². The zero-order valence-electron chi connectivity index (χ0n) is 34.4. The van der Waals surface area contributed by atoms with Gasteiger partial charge >= 0.3 is 5.97 Å². The molecule has 3 rings (SSSR count). The molecule has 2 fully saturated rings. The fourth-order valence-corrected chi connectivity index (χ4v) is 7.24. The van der Waals surface area contributed by atoms with Crippen molar-refractivity contribution in [3.63, 3.8) is 0 Å². The van der Waals surface area contributed by atoms with Crippen molar-refractivity contribution in [2.24, 2.45) is 11.7 Å². The third kappa shape index (κ3) is 15.4. The normalized spacial score (nSPS) is 18.6. The smallest absolute Gasteiger partial charge is 0.332 e. The summed E-state index contributed by atoms with van der Waals surface area (Å²) in [5.74, 6) is -6.23. The first kappa shape index (κ1) is 47.3. The van der Waals surface area contributed by atoms with Crippen molar-refractivity contribution in [1.29, 1.82) is 0 Å². The summed E-state index contributed by atoms with van der Waals surface area (Å²) in [5.41, 5.74) is 5.15. The summed E-state index contributed by atoms with van der Waals surface area (Å²) in [5, 5.41) is 20.2. The molecule has 1 aliphatic heterocycles. The molecule has 322 valence electrons. The highest BCUT2D eigenvalue weighted by molar-refractivity contribution is 6.38. The Kier molecular flexibility index (Phi) is 18.6. The monoisotopic (exact) mass is 814 g/mol. The number of primary amides is 1. The van der Waals surface area contributed by atoms with E-state index >= 15 is 0 Å². The third-order valence-electron chi connectivity index (χ3n) is 10.1. The van der Waals surface area contributed by atoms with Crippen molar-refractivity contribution >= 4 is 47.2 Å². The molecule has 6 amide bonds. The summed E-state index contributed by atoms with van der Waals surface area (Å²) in [6.07, 6.45) is 5.17. The Balaban J connectivity index is 1.82. The number of ketones is 1. The SMILES string of the molecule is CCCCC(NC(=O)CNC(=O)C(=O)C(CCC)NC(=O)C1C[C@@H](OCC(=O)OC(C)(C)C)CN1C(=O)C(NC(=O)Cc1cccc(O)c1)C1CCCCC1)C(N)=O. The fourth-order valence-electron chi connectivity index (χ4n) is 7.24. The van der Waals surface area contributed by atoms with Crippen LogP contribution in [0.25, 0.3) is 0 Å². The maximum atomic E-state index is 14.6. The van der Waals surface area contributed by atoms with Crippen LogP contribution in [0.1, 0.15) is 111 Å². The summed E-state index contributed by atoms with van der Waals surface area (Å²) >= 11 is 0. The molecule has 1 aliphatic carbocycles. The van der Waals surface area contributed by atoms with Crippen LogP contribution >= 0.6 is 0 Å². The number of amides is 6. The molecular formula is C41H62N6O11. The number of benzene rings is 1. The number of aromatic hydroxyl groups is 1. The Morgan fingerprint density at radius 3 is 2.24 bits per heavy atom. The van der Waals surface area contributed by atoms with Crippen LogP contribution < -0.4 is 27.0 Å². The number of nitrogens with two attached hydrogens (primary N) is 1. The van der Waals surface area contributed by atoms with Crippen LogP contribution in [0.5, 0.6) is 5.75 Å². The minimum absolute atomic E-state index is 0.00691. The minimum Gasteiger partial charge on any atom is -0.508 e. The van der Waals surface area contributed by atoms with E-state index in [4.69, 9.17) is 15.2 Å². The Hall–Kier alpha value is -5.06. The molecule has 0 bridgehead atoms. The molecule has 0 spiro atoms. The van der Waals surface area contributed by atoms with E-state index in [2.05, 4.69) is 21.3 Å². The molecule has 0 aromatic heterocycles. The number of likely N-dealkylation sites (tertiary alicyclic amines) is 1. The molecule has 1 saturated carbocycles. The first-order valence-electron chi connectivity index (χ1n) is 20.3. The van der Waals surface area contributed by atoms with E-state index in [1.807, 2.05) is 6.92 Å². The quantitative estimate of drug-likeness (QED) is 0.0766. The number of nitrogens with zero attached hydrogens (tertiary/aromatic N) is 1. The topological polar surface area (TPSA) is 253 Å². The van der Waals surface area contributed by atoms with Crippen molar-refractivity contribution in [2.45, 2.75) is 148 Å². The van der Waals surface area contributed by atoms with E-state index in [1.165, 1.54) is 17.0 Å². The van der Waals surface area contributed by atoms with Gasteiger partial charge in [0, 0.05) is 13.0 Å². The van der Waals surface area contributed by atoms with Crippen molar-refractivity contribution < 1.29 is 52.9 Å². The Morgan fingerprint density at radius 2 is 1.62 bits per heavy atom. The second kappa shape index (κ2) is 22.8. The lowest BCUT2D eigenvalue weighted by Crippen LogP contribution is -2.58. The number of nitrogens with one attached hydrogen (secondary N) is 4. The fraction of sp³-hybridized carbons (Fsp3) is 0.659. The number of esters is 1. The van der Waals surface area contributed by atoms with Gasteiger partial charge in [-0.25, -0.2) is 4.79 Å². The third-order valence-corrected chi connectivity index (χ3v) is 10.1. The molecular weight excluding hydrogens is 752 g/mol. The summed E-state index contributed by atoms with van der Waals surface area (Å²) < 4.78 is 11.2. The molecule has 0 radical (unpaired) electrons. The number of rotatable bonds is 21. The summed E-state index contributed by atoms with van der Waals surface area (Å²) in [7, 11) is 0.